The van der Waals surface area contributed by atoms with Gasteiger partial charge in [0.25, 0.3) is 0 Å². The highest BCUT2D eigenvalue weighted by molar-refractivity contribution is 7.93. The molecule has 39 heavy (non-hydrogen) atoms. The van der Waals surface area contributed by atoms with Crippen molar-refractivity contribution in [1.82, 2.24) is 18.9 Å². The molecule has 3 aromatic rings. The SMILES string of the molecule is CC1CN(C(=O)Cn2cc(N3CCCS3(=O)=O)n3c(=O)c(OCc4ccccc4)c(C(=O)O)nc23)CC(C)O1. The zero-order valence-corrected chi connectivity index (χ0v) is 22.3. The van der Waals surface area contributed by atoms with Crippen LogP contribution in [0.3, 0.4) is 0 Å². The lowest BCUT2D eigenvalue weighted by molar-refractivity contribution is -0.143. The van der Waals surface area contributed by atoms with E-state index in [-0.39, 0.29) is 55.2 Å². The van der Waals surface area contributed by atoms with Crippen molar-refractivity contribution < 1.29 is 32.6 Å². The van der Waals surface area contributed by atoms with Crippen LogP contribution in [-0.4, -0.2) is 81.8 Å². The van der Waals surface area contributed by atoms with E-state index >= 15 is 0 Å². The number of aromatic carboxylic acids is 1. The number of carbonyl (C=O) groups excluding carboxylic acids is 1. The van der Waals surface area contributed by atoms with E-state index in [0.717, 1.165) is 8.71 Å². The van der Waals surface area contributed by atoms with E-state index in [4.69, 9.17) is 9.47 Å². The first-order valence-corrected chi connectivity index (χ1v) is 14.2. The first-order valence-electron chi connectivity index (χ1n) is 12.5. The molecule has 1 N–H and O–H groups in total. The van der Waals surface area contributed by atoms with E-state index in [1.165, 1.54) is 10.8 Å². The molecule has 2 fully saturated rings. The highest BCUT2D eigenvalue weighted by Gasteiger charge is 2.34. The van der Waals surface area contributed by atoms with E-state index < -0.39 is 33.0 Å². The van der Waals surface area contributed by atoms with Gasteiger partial charge in [0.15, 0.2) is 5.69 Å². The molecule has 2 aliphatic heterocycles. The minimum absolute atomic E-state index is 0.0296. The predicted octanol–water partition coefficient (Wildman–Crippen LogP) is 0.949. The summed E-state index contributed by atoms with van der Waals surface area (Å²) in [6.45, 7) is 4.17. The van der Waals surface area contributed by atoms with Gasteiger partial charge in [-0.3, -0.25) is 13.9 Å². The van der Waals surface area contributed by atoms with Gasteiger partial charge in [-0.15, -0.1) is 0 Å². The molecule has 2 saturated heterocycles. The minimum atomic E-state index is -3.73. The second kappa shape index (κ2) is 10.3. The Balaban J connectivity index is 1.62. The molecule has 2 aliphatic rings. The third kappa shape index (κ3) is 5.21. The van der Waals surface area contributed by atoms with Gasteiger partial charge in [0.05, 0.1) is 24.2 Å². The van der Waals surface area contributed by atoms with Crippen LogP contribution in [0.4, 0.5) is 5.82 Å². The number of benzene rings is 1. The Kier molecular flexibility index (Phi) is 7.07. The minimum Gasteiger partial charge on any atom is -0.481 e. The van der Waals surface area contributed by atoms with Crippen LogP contribution in [0.2, 0.25) is 0 Å². The summed E-state index contributed by atoms with van der Waals surface area (Å²) in [4.78, 5) is 45.0. The maximum atomic E-state index is 13.7. The highest BCUT2D eigenvalue weighted by Crippen LogP contribution is 2.27. The van der Waals surface area contributed by atoms with Crippen molar-refractivity contribution in [3.63, 3.8) is 0 Å². The zero-order chi connectivity index (χ0) is 27.9. The van der Waals surface area contributed by atoms with Gasteiger partial charge < -0.3 is 24.0 Å². The van der Waals surface area contributed by atoms with Gasteiger partial charge in [0.1, 0.15) is 19.0 Å². The van der Waals surface area contributed by atoms with Gasteiger partial charge in [-0.05, 0) is 25.8 Å². The van der Waals surface area contributed by atoms with Crippen LogP contribution in [0.25, 0.3) is 5.78 Å². The third-order valence-corrected chi connectivity index (χ3v) is 8.49. The van der Waals surface area contributed by atoms with Gasteiger partial charge in [0, 0.05) is 19.6 Å². The lowest BCUT2D eigenvalue weighted by Crippen LogP contribution is -2.49. The topological polar surface area (TPSA) is 153 Å². The molecule has 1 amide bonds. The summed E-state index contributed by atoms with van der Waals surface area (Å²) in [7, 11) is -3.73. The van der Waals surface area contributed by atoms with Gasteiger partial charge >= 0.3 is 11.5 Å². The van der Waals surface area contributed by atoms with Crippen LogP contribution < -0.4 is 14.6 Å². The maximum Gasteiger partial charge on any atom is 0.358 e. The Morgan fingerprint density at radius 1 is 1.15 bits per heavy atom. The number of hydrogen-bond donors (Lipinski definition) is 1. The average molecular weight is 560 g/mol. The number of carboxylic acids is 1. The molecule has 5 rings (SSSR count). The normalized spacial score (nSPS) is 20.9. The van der Waals surface area contributed by atoms with Crippen LogP contribution in [-0.2, 0) is 32.7 Å². The molecule has 0 radical (unpaired) electrons. The molecule has 13 nitrogen and oxygen atoms in total. The largest absolute Gasteiger partial charge is 0.481 e. The fraction of sp³-hybridized carbons (Fsp3) is 0.440. The van der Waals surface area contributed by atoms with Crippen molar-refractivity contribution in [3.8, 4) is 5.75 Å². The fourth-order valence-electron chi connectivity index (χ4n) is 4.97. The van der Waals surface area contributed by atoms with Crippen molar-refractivity contribution in [2.24, 2.45) is 0 Å². The summed E-state index contributed by atoms with van der Waals surface area (Å²) in [5.41, 5.74) is -0.824. The number of carboxylic acid groups (broad SMARTS) is 1. The number of rotatable bonds is 7. The van der Waals surface area contributed by atoms with Crippen molar-refractivity contribution in [1.29, 1.82) is 0 Å². The first-order chi connectivity index (χ1) is 18.5. The molecule has 0 aliphatic carbocycles. The van der Waals surface area contributed by atoms with Gasteiger partial charge in [0.2, 0.25) is 27.5 Å². The molecule has 2 aromatic heterocycles. The summed E-state index contributed by atoms with van der Waals surface area (Å²) in [5, 5.41) is 9.89. The number of anilines is 1. The molecule has 2 atom stereocenters. The Bertz CT molecular complexity index is 1570. The van der Waals surface area contributed by atoms with Gasteiger partial charge in [-0.25, -0.2) is 22.6 Å². The molecular weight excluding hydrogens is 530 g/mol. The van der Waals surface area contributed by atoms with Crippen molar-refractivity contribution >= 4 is 33.5 Å². The standard InChI is InChI=1S/C25H29N5O8S/c1-16-11-27(12-17(2)38-16)20(31)14-28-13-19(29-9-6-10-39(29,35)36)30-23(32)22(21(24(33)34)26-25(28)30)37-15-18-7-4-3-5-8-18/h3-5,7-8,13,16-17H,6,9-12,14-15H2,1-2H3,(H,33,34). The Morgan fingerprint density at radius 3 is 2.46 bits per heavy atom. The maximum absolute atomic E-state index is 13.7. The predicted molar refractivity (Wildman–Crippen MR) is 140 cm³/mol. The quantitative estimate of drug-likeness (QED) is 0.446. The molecule has 0 spiro atoms. The highest BCUT2D eigenvalue weighted by atomic mass is 32.2. The second-order valence-electron chi connectivity index (χ2n) is 9.72. The molecule has 0 saturated carbocycles. The zero-order valence-electron chi connectivity index (χ0n) is 21.5. The number of nitrogens with zero attached hydrogens (tertiary/aromatic N) is 5. The van der Waals surface area contributed by atoms with Crippen LogP contribution >= 0.6 is 0 Å². The van der Waals surface area contributed by atoms with E-state index in [0.29, 0.717) is 25.1 Å². The van der Waals surface area contributed by atoms with Crippen LogP contribution in [0.15, 0.2) is 41.3 Å². The molecular formula is C25H29N5O8S. The fourth-order valence-corrected chi connectivity index (χ4v) is 6.51. The third-order valence-electron chi connectivity index (χ3n) is 6.64. The van der Waals surface area contributed by atoms with E-state index in [1.807, 2.05) is 13.8 Å². The lowest BCUT2D eigenvalue weighted by atomic mass is 10.2. The number of morpholine rings is 1. The van der Waals surface area contributed by atoms with Crippen LogP contribution in [0.5, 0.6) is 5.75 Å². The van der Waals surface area contributed by atoms with Gasteiger partial charge in [-0.1, -0.05) is 30.3 Å². The smallest absolute Gasteiger partial charge is 0.358 e. The second-order valence-corrected chi connectivity index (χ2v) is 11.7. The number of amides is 1. The lowest BCUT2D eigenvalue weighted by Gasteiger charge is -2.35. The number of aromatic nitrogens is 3. The summed E-state index contributed by atoms with van der Waals surface area (Å²) in [6.07, 6.45) is 1.36. The van der Waals surface area contributed by atoms with Crippen LogP contribution in [0.1, 0.15) is 36.3 Å². The summed E-state index contributed by atoms with van der Waals surface area (Å²) >= 11 is 0. The molecule has 208 valence electrons. The van der Waals surface area contributed by atoms with Crippen molar-refractivity contribution in [2.75, 3.05) is 29.7 Å². The molecule has 2 unspecified atom stereocenters. The molecule has 0 bridgehead atoms. The van der Waals surface area contributed by atoms with E-state index in [2.05, 4.69) is 4.98 Å². The monoisotopic (exact) mass is 559 g/mol. The number of sulfonamides is 1. The summed E-state index contributed by atoms with van der Waals surface area (Å²) in [6, 6.07) is 8.85. The first kappa shape index (κ1) is 26.7. The molecule has 1 aromatic carbocycles. The van der Waals surface area contributed by atoms with Crippen LogP contribution in [0, 0.1) is 0 Å². The van der Waals surface area contributed by atoms with Gasteiger partial charge in [-0.2, -0.15) is 0 Å². The number of ether oxygens (including phenoxy) is 2. The number of carbonyl (C=O) groups is 2. The number of imidazole rings is 1. The van der Waals surface area contributed by atoms with E-state index in [1.54, 1.807) is 35.2 Å². The molecule has 4 heterocycles. The Labute approximate surface area is 224 Å². The Hall–Kier alpha value is -3.91. The van der Waals surface area contributed by atoms with Crippen molar-refractivity contribution in [2.45, 2.75) is 45.6 Å². The summed E-state index contributed by atoms with van der Waals surface area (Å²) < 4.78 is 40.4. The number of hydrogen-bond acceptors (Lipinski definition) is 8. The number of fused-ring (bicyclic) bond motifs is 1. The Morgan fingerprint density at radius 2 is 1.85 bits per heavy atom. The van der Waals surface area contributed by atoms with E-state index in [9.17, 15) is 27.9 Å². The summed E-state index contributed by atoms with van der Waals surface area (Å²) in [5.74, 6) is -2.64. The average Bonchev–Trinajstić information content (AvgIpc) is 3.41. The molecule has 14 heteroatoms. The van der Waals surface area contributed by atoms with Crippen molar-refractivity contribution in [3.05, 3.63) is 58.1 Å².